The Hall–Kier alpha value is -3.60. The number of hydrogen-bond donors (Lipinski definition) is 1. The van der Waals surface area contributed by atoms with E-state index in [0.29, 0.717) is 47.0 Å². The van der Waals surface area contributed by atoms with Gasteiger partial charge in [0.25, 0.3) is 0 Å². The quantitative estimate of drug-likeness (QED) is 0.320. The van der Waals surface area contributed by atoms with Crippen molar-refractivity contribution in [1.82, 2.24) is 24.7 Å². The lowest BCUT2D eigenvalue weighted by Crippen LogP contribution is -2.11. The number of benzene rings is 1. The SMILES string of the molecule is CCc1ccc(-c2nnc(NSC(C)Cc3ncc(F)cn3)n2-c2c(OC)cccc2OC)o1. The van der Waals surface area contributed by atoms with E-state index < -0.39 is 5.82 Å². The number of nitrogens with one attached hydrogen (secondary N) is 1. The molecular formula is C23H25FN6O3S. The van der Waals surface area contributed by atoms with Gasteiger partial charge in [0.05, 0.1) is 26.6 Å². The Morgan fingerprint density at radius 2 is 1.79 bits per heavy atom. The third-order valence-corrected chi connectivity index (χ3v) is 5.88. The van der Waals surface area contributed by atoms with Crippen molar-refractivity contribution in [2.24, 2.45) is 0 Å². The van der Waals surface area contributed by atoms with Gasteiger partial charge in [-0.3, -0.25) is 9.29 Å². The fraction of sp³-hybridized carbons (Fsp3) is 0.304. The maximum Gasteiger partial charge on any atom is 0.239 e. The van der Waals surface area contributed by atoms with Crippen LogP contribution >= 0.6 is 11.9 Å². The average Bonchev–Trinajstić information content (AvgIpc) is 3.50. The molecule has 1 N–H and O–H groups in total. The van der Waals surface area contributed by atoms with Gasteiger partial charge in [-0.2, -0.15) is 0 Å². The third kappa shape index (κ3) is 4.98. The summed E-state index contributed by atoms with van der Waals surface area (Å²) >= 11 is 1.42. The Balaban J connectivity index is 1.69. The molecule has 0 radical (unpaired) electrons. The molecule has 3 heterocycles. The largest absolute Gasteiger partial charge is 0.494 e. The van der Waals surface area contributed by atoms with Crippen LogP contribution < -0.4 is 14.2 Å². The van der Waals surface area contributed by atoms with Gasteiger partial charge in [-0.25, -0.2) is 14.4 Å². The number of ether oxygens (including phenoxy) is 2. The van der Waals surface area contributed by atoms with Crippen LogP contribution in [0.4, 0.5) is 10.3 Å². The first-order valence-corrected chi connectivity index (χ1v) is 11.6. The van der Waals surface area contributed by atoms with E-state index in [1.54, 1.807) is 14.2 Å². The Bertz CT molecular complexity index is 1220. The van der Waals surface area contributed by atoms with E-state index >= 15 is 0 Å². The van der Waals surface area contributed by atoms with Crippen LogP contribution in [0.2, 0.25) is 0 Å². The minimum atomic E-state index is -0.460. The van der Waals surface area contributed by atoms with E-state index in [2.05, 4.69) is 24.9 Å². The number of aryl methyl sites for hydroxylation is 1. The molecule has 11 heteroatoms. The first-order chi connectivity index (χ1) is 16.5. The highest BCUT2D eigenvalue weighted by Crippen LogP contribution is 2.38. The Kier molecular flexibility index (Phi) is 7.31. The van der Waals surface area contributed by atoms with Crippen LogP contribution in [-0.2, 0) is 12.8 Å². The molecule has 1 atom stereocenters. The highest BCUT2D eigenvalue weighted by Gasteiger charge is 2.24. The normalized spacial score (nSPS) is 11.9. The highest BCUT2D eigenvalue weighted by atomic mass is 32.2. The van der Waals surface area contributed by atoms with Crippen LogP contribution in [-0.4, -0.2) is 44.2 Å². The summed E-state index contributed by atoms with van der Waals surface area (Å²) < 4.78 is 35.4. The van der Waals surface area contributed by atoms with Gasteiger partial charge in [-0.05, 0) is 36.2 Å². The molecule has 0 saturated heterocycles. The zero-order chi connectivity index (χ0) is 24.1. The van der Waals surface area contributed by atoms with Crippen LogP contribution in [0.1, 0.15) is 25.4 Å². The van der Waals surface area contributed by atoms with Gasteiger partial charge in [-0.1, -0.05) is 19.9 Å². The molecule has 0 aliphatic heterocycles. The summed E-state index contributed by atoms with van der Waals surface area (Å²) in [7, 11) is 3.19. The fourth-order valence-corrected chi connectivity index (χ4v) is 4.03. The van der Waals surface area contributed by atoms with Crippen LogP contribution in [0.15, 0.2) is 47.1 Å². The summed E-state index contributed by atoms with van der Waals surface area (Å²) in [5.41, 5.74) is 0.638. The van der Waals surface area contributed by atoms with E-state index in [1.165, 1.54) is 11.9 Å². The number of rotatable bonds is 10. The van der Waals surface area contributed by atoms with Crippen molar-refractivity contribution < 1.29 is 18.3 Å². The summed E-state index contributed by atoms with van der Waals surface area (Å²) in [5, 5.41) is 8.82. The van der Waals surface area contributed by atoms with Gasteiger partial charge >= 0.3 is 0 Å². The van der Waals surface area contributed by atoms with Crippen molar-refractivity contribution in [1.29, 1.82) is 0 Å². The van der Waals surface area contributed by atoms with E-state index in [-0.39, 0.29) is 5.25 Å². The maximum absolute atomic E-state index is 13.1. The molecule has 0 amide bonds. The zero-order valence-electron chi connectivity index (χ0n) is 19.3. The lowest BCUT2D eigenvalue weighted by atomic mass is 10.2. The van der Waals surface area contributed by atoms with Crippen molar-refractivity contribution in [3.05, 3.63) is 60.1 Å². The zero-order valence-corrected chi connectivity index (χ0v) is 20.1. The van der Waals surface area contributed by atoms with Gasteiger partial charge in [-0.15, -0.1) is 10.2 Å². The lowest BCUT2D eigenvalue weighted by Gasteiger charge is -2.17. The first kappa shape index (κ1) is 23.6. The molecule has 178 valence electrons. The molecule has 0 saturated carbocycles. The van der Waals surface area contributed by atoms with E-state index in [1.807, 2.05) is 48.7 Å². The van der Waals surface area contributed by atoms with Crippen molar-refractivity contribution in [2.45, 2.75) is 31.9 Å². The molecule has 9 nitrogen and oxygen atoms in total. The minimum Gasteiger partial charge on any atom is -0.494 e. The van der Waals surface area contributed by atoms with Gasteiger partial charge < -0.3 is 13.9 Å². The van der Waals surface area contributed by atoms with Crippen LogP contribution in [0.3, 0.4) is 0 Å². The number of para-hydroxylation sites is 1. The minimum absolute atomic E-state index is 0.0499. The molecule has 3 aromatic heterocycles. The highest BCUT2D eigenvalue weighted by molar-refractivity contribution is 8.01. The van der Waals surface area contributed by atoms with Gasteiger partial charge in [0, 0.05) is 18.1 Å². The predicted octanol–water partition coefficient (Wildman–Crippen LogP) is 4.73. The average molecular weight is 485 g/mol. The number of nitrogens with zero attached hydrogens (tertiary/aromatic N) is 5. The Labute approximate surface area is 200 Å². The smallest absolute Gasteiger partial charge is 0.239 e. The molecule has 0 spiro atoms. The third-order valence-electron chi connectivity index (χ3n) is 5.01. The molecule has 1 aromatic carbocycles. The molecule has 4 rings (SSSR count). The second-order valence-electron chi connectivity index (χ2n) is 7.37. The molecule has 1 unspecified atom stereocenters. The summed E-state index contributed by atoms with van der Waals surface area (Å²) in [4.78, 5) is 8.06. The van der Waals surface area contributed by atoms with E-state index in [0.717, 1.165) is 24.6 Å². The molecule has 0 aliphatic rings. The summed E-state index contributed by atoms with van der Waals surface area (Å²) in [6.07, 6.45) is 3.63. The molecule has 0 bridgehead atoms. The second-order valence-corrected chi connectivity index (χ2v) is 8.61. The molecule has 34 heavy (non-hydrogen) atoms. The van der Waals surface area contributed by atoms with E-state index in [4.69, 9.17) is 13.9 Å². The van der Waals surface area contributed by atoms with Crippen LogP contribution in [0.25, 0.3) is 17.3 Å². The van der Waals surface area contributed by atoms with Gasteiger partial charge in [0.1, 0.15) is 28.8 Å². The van der Waals surface area contributed by atoms with Crippen LogP contribution in [0.5, 0.6) is 11.5 Å². The first-order valence-electron chi connectivity index (χ1n) is 10.7. The summed E-state index contributed by atoms with van der Waals surface area (Å²) in [5.74, 6) is 3.64. The maximum atomic E-state index is 13.1. The molecule has 4 aromatic rings. The van der Waals surface area contributed by atoms with Crippen molar-refractivity contribution >= 4 is 17.9 Å². The van der Waals surface area contributed by atoms with Gasteiger partial charge in [0.2, 0.25) is 11.8 Å². The summed E-state index contributed by atoms with van der Waals surface area (Å²) in [6.45, 7) is 4.03. The van der Waals surface area contributed by atoms with Crippen molar-refractivity contribution in [3.8, 4) is 28.8 Å². The molecule has 0 aliphatic carbocycles. The standard InChI is InChI=1S/C23H25FN6O3S/c1-5-16-9-10-19(33-16)22-27-28-23(29-34-14(2)11-20-25-12-15(24)13-26-20)30(22)21-17(31-3)7-6-8-18(21)32-4/h6-10,12-14H,5,11H2,1-4H3,(H,28,29). The molecular weight excluding hydrogens is 459 g/mol. The molecule has 0 fully saturated rings. The number of halogens is 1. The number of aromatic nitrogens is 5. The number of methoxy groups -OCH3 is 2. The second kappa shape index (κ2) is 10.6. The predicted molar refractivity (Wildman–Crippen MR) is 128 cm³/mol. The number of anilines is 1. The lowest BCUT2D eigenvalue weighted by molar-refractivity contribution is 0.391. The number of furan rings is 1. The Morgan fingerprint density at radius 1 is 1.09 bits per heavy atom. The monoisotopic (exact) mass is 484 g/mol. The van der Waals surface area contributed by atoms with E-state index in [9.17, 15) is 4.39 Å². The summed E-state index contributed by atoms with van der Waals surface area (Å²) in [6, 6.07) is 9.31. The van der Waals surface area contributed by atoms with Crippen LogP contribution in [0, 0.1) is 5.82 Å². The van der Waals surface area contributed by atoms with Gasteiger partial charge in [0.15, 0.2) is 11.6 Å². The topological polar surface area (TPSA) is 100 Å². The van der Waals surface area contributed by atoms with Crippen molar-refractivity contribution in [2.75, 3.05) is 18.9 Å². The number of hydrogen-bond acceptors (Lipinski definition) is 9. The fourth-order valence-electron chi connectivity index (χ4n) is 3.36. The Morgan fingerprint density at radius 3 is 2.41 bits per heavy atom. The van der Waals surface area contributed by atoms with Crippen molar-refractivity contribution in [3.63, 3.8) is 0 Å².